The molecule has 0 aliphatic carbocycles. The number of hydrogen-bond donors (Lipinski definition) is 3. The summed E-state index contributed by atoms with van der Waals surface area (Å²) in [6, 6.07) is -0.866. The predicted molar refractivity (Wildman–Crippen MR) is 146 cm³/mol. The van der Waals surface area contributed by atoms with Crippen molar-refractivity contribution in [3.63, 3.8) is 0 Å². The highest BCUT2D eigenvalue weighted by atomic mass is 32.2. The van der Waals surface area contributed by atoms with Gasteiger partial charge in [0.1, 0.15) is 35.1 Å². The Balaban J connectivity index is 1.37. The van der Waals surface area contributed by atoms with Gasteiger partial charge in [-0.3, -0.25) is 19.7 Å². The summed E-state index contributed by atoms with van der Waals surface area (Å²) >= 11 is 4.97. The standard InChI is InChI=1S/C21H25N7O7S4/c1-10(2)4-35-19(33)25-18-23-11(5-36-18)12(27-34-3)14(29)24-13-15(30)28-6-21(17(31)32,7-37-16(13)28)8-38-20-26-22-9-39-20/h5,9-10,13,16H,4,6-8H2,1-3H3,(H,24,29)(H,31,32)(H,23,25,33)/t13?,16-,21?/m1/s1. The quantitative estimate of drug-likeness (QED) is 0.144. The molecule has 3 N–H and O–H groups in total. The summed E-state index contributed by atoms with van der Waals surface area (Å²) in [7, 11) is 1.26. The fourth-order valence-corrected chi connectivity index (χ4v) is 7.67. The van der Waals surface area contributed by atoms with Crippen molar-refractivity contribution in [2.45, 2.75) is 29.6 Å². The number of carboxylic acid groups (broad SMARTS) is 1. The van der Waals surface area contributed by atoms with Crippen molar-refractivity contribution >= 4 is 80.9 Å². The van der Waals surface area contributed by atoms with Gasteiger partial charge >= 0.3 is 12.1 Å². The molecule has 3 amide bonds. The van der Waals surface area contributed by atoms with Crippen molar-refractivity contribution in [3.8, 4) is 0 Å². The molecule has 18 heteroatoms. The van der Waals surface area contributed by atoms with Gasteiger partial charge in [-0.2, -0.15) is 0 Å². The lowest BCUT2D eigenvalue weighted by molar-refractivity contribution is -0.157. The van der Waals surface area contributed by atoms with Crippen molar-refractivity contribution in [3.05, 3.63) is 16.6 Å². The van der Waals surface area contributed by atoms with E-state index in [0.717, 1.165) is 11.3 Å². The van der Waals surface area contributed by atoms with E-state index in [1.54, 1.807) is 5.51 Å². The van der Waals surface area contributed by atoms with Gasteiger partial charge in [-0.1, -0.05) is 42.1 Å². The maximum Gasteiger partial charge on any atom is 0.413 e. The number of carbonyl (C=O) groups is 4. The first kappa shape index (κ1) is 29.0. The Hall–Kier alpha value is -2.96. The molecule has 0 saturated carbocycles. The molecule has 2 aromatic rings. The van der Waals surface area contributed by atoms with Gasteiger partial charge in [0, 0.05) is 23.4 Å². The molecule has 2 aliphatic heterocycles. The van der Waals surface area contributed by atoms with Gasteiger partial charge in [0.25, 0.3) is 5.91 Å². The number of oxime groups is 1. The zero-order valence-corrected chi connectivity index (χ0v) is 24.2. The maximum absolute atomic E-state index is 13.1. The van der Waals surface area contributed by atoms with Crippen molar-refractivity contribution in [1.29, 1.82) is 0 Å². The number of carbonyl (C=O) groups excluding carboxylic acids is 3. The number of thiazole rings is 1. The van der Waals surface area contributed by atoms with Gasteiger partial charge < -0.3 is 24.9 Å². The number of carboxylic acids is 1. The van der Waals surface area contributed by atoms with E-state index in [-0.39, 0.29) is 47.1 Å². The van der Waals surface area contributed by atoms with Crippen molar-refractivity contribution in [1.82, 2.24) is 25.4 Å². The zero-order chi connectivity index (χ0) is 28.2. The second-order valence-electron chi connectivity index (χ2n) is 8.98. The lowest BCUT2D eigenvalue weighted by atomic mass is 9.89. The molecule has 14 nitrogen and oxygen atoms in total. The maximum atomic E-state index is 13.1. The fraction of sp³-hybridized carbons (Fsp3) is 0.524. The van der Waals surface area contributed by atoms with Crippen LogP contribution in [0.2, 0.25) is 0 Å². The number of aliphatic carboxylic acids is 1. The summed E-state index contributed by atoms with van der Waals surface area (Å²) in [6.45, 7) is 4.07. The minimum absolute atomic E-state index is 0.0179. The number of amides is 3. The molecule has 2 saturated heterocycles. The average molecular weight is 616 g/mol. The summed E-state index contributed by atoms with van der Waals surface area (Å²) in [5.41, 5.74) is 0.361. The topological polar surface area (TPSA) is 185 Å². The summed E-state index contributed by atoms with van der Waals surface area (Å²) in [5.74, 6) is -1.44. The van der Waals surface area contributed by atoms with E-state index in [4.69, 9.17) is 9.57 Å². The molecule has 0 bridgehead atoms. The number of aromatic nitrogens is 3. The molecule has 2 unspecified atom stereocenters. The van der Waals surface area contributed by atoms with Crippen LogP contribution in [0.4, 0.5) is 9.93 Å². The molecule has 210 valence electrons. The van der Waals surface area contributed by atoms with Gasteiger partial charge in [-0.25, -0.2) is 9.78 Å². The molecule has 39 heavy (non-hydrogen) atoms. The van der Waals surface area contributed by atoms with E-state index in [0.29, 0.717) is 4.34 Å². The van der Waals surface area contributed by atoms with Crippen LogP contribution in [0.5, 0.6) is 0 Å². The molecule has 4 rings (SSSR count). The summed E-state index contributed by atoms with van der Waals surface area (Å²) in [6.07, 6.45) is -0.673. The lowest BCUT2D eigenvalue weighted by Gasteiger charge is -2.53. The van der Waals surface area contributed by atoms with Gasteiger partial charge in [0.15, 0.2) is 15.2 Å². The number of thioether (sulfide) groups is 2. The molecule has 2 aliphatic rings. The number of hydrogen-bond acceptors (Lipinski definition) is 14. The highest BCUT2D eigenvalue weighted by Crippen LogP contribution is 2.44. The number of ether oxygens (including phenoxy) is 1. The highest BCUT2D eigenvalue weighted by Gasteiger charge is 2.57. The van der Waals surface area contributed by atoms with Crippen molar-refractivity contribution in [2.24, 2.45) is 16.5 Å². The van der Waals surface area contributed by atoms with E-state index < -0.39 is 40.7 Å². The van der Waals surface area contributed by atoms with E-state index in [2.05, 4.69) is 31.0 Å². The minimum atomic E-state index is -1.16. The number of nitrogens with one attached hydrogen (secondary N) is 2. The van der Waals surface area contributed by atoms with Gasteiger partial charge in [0.05, 0.1) is 6.61 Å². The first-order valence-electron chi connectivity index (χ1n) is 11.5. The number of fused-ring (bicyclic) bond motifs is 1. The predicted octanol–water partition coefficient (Wildman–Crippen LogP) is 1.81. The molecule has 4 heterocycles. The largest absolute Gasteiger partial charge is 0.481 e. The average Bonchev–Trinajstić information content (AvgIpc) is 3.60. The molecular formula is C21H25N7O7S4. The third kappa shape index (κ3) is 6.62. The van der Waals surface area contributed by atoms with Gasteiger partial charge in [-0.15, -0.1) is 33.3 Å². The second kappa shape index (κ2) is 12.5. The zero-order valence-electron chi connectivity index (χ0n) is 21.0. The van der Waals surface area contributed by atoms with Crippen LogP contribution in [0.3, 0.4) is 0 Å². The van der Waals surface area contributed by atoms with Crippen LogP contribution >= 0.6 is 46.2 Å². The summed E-state index contributed by atoms with van der Waals surface area (Å²) < 4.78 is 5.72. The highest BCUT2D eigenvalue weighted by molar-refractivity contribution is 8.01. The van der Waals surface area contributed by atoms with E-state index in [1.807, 2.05) is 13.8 Å². The molecule has 0 spiro atoms. The molecule has 0 radical (unpaired) electrons. The van der Waals surface area contributed by atoms with Crippen LogP contribution in [0.25, 0.3) is 0 Å². The van der Waals surface area contributed by atoms with Crippen LogP contribution in [0.1, 0.15) is 19.5 Å². The number of β-lactam (4-membered cyclic amide) rings is 1. The fourth-order valence-electron chi connectivity index (χ4n) is 3.64. The number of rotatable bonds is 11. The Morgan fingerprint density at radius 3 is 2.82 bits per heavy atom. The minimum Gasteiger partial charge on any atom is -0.481 e. The number of anilines is 1. The smallest absolute Gasteiger partial charge is 0.413 e. The third-order valence-corrected chi connectivity index (χ3v) is 10.1. The van der Waals surface area contributed by atoms with Gasteiger partial charge in [0.2, 0.25) is 5.91 Å². The summed E-state index contributed by atoms with van der Waals surface area (Å²) in [5, 5.41) is 27.9. The number of nitrogens with zero attached hydrogens (tertiary/aromatic N) is 5. The van der Waals surface area contributed by atoms with E-state index >= 15 is 0 Å². The van der Waals surface area contributed by atoms with Crippen molar-refractivity contribution < 1.29 is 33.9 Å². The molecule has 3 atom stereocenters. The molecule has 2 aromatic heterocycles. The van der Waals surface area contributed by atoms with Crippen LogP contribution in [0.15, 0.2) is 20.4 Å². The summed E-state index contributed by atoms with van der Waals surface area (Å²) in [4.78, 5) is 60.6. The Bertz CT molecular complexity index is 1260. The molecule has 2 fully saturated rings. The van der Waals surface area contributed by atoms with E-state index in [1.165, 1.54) is 52.3 Å². The third-order valence-electron chi connectivity index (χ3n) is 5.60. The Morgan fingerprint density at radius 2 is 2.15 bits per heavy atom. The molecule has 0 aromatic carbocycles. The van der Waals surface area contributed by atoms with Crippen molar-refractivity contribution in [2.75, 3.05) is 37.1 Å². The first-order chi connectivity index (χ1) is 18.6. The van der Waals surface area contributed by atoms with Crippen LogP contribution in [-0.4, -0.2) is 98.0 Å². The first-order valence-corrected chi connectivity index (χ1v) is 15.3. The lowest BCUT2D eigenvalue weighted by Crippen LogP contribution is -2.74. The Labute approximate surface area is 239 Å². The molecular weight excluding hydrogens is 591 g/mol. The monoisotopic (exact) mass is 615 g/mol. The normalized spacial score (nSPS) is 22.6. The van der Waals surface area contributed by atoms with Crippen LogP contribution in [-0.2, 0) is 24.0 Å². The second-order valence-corrected chi connectivity index (χ2v) is 13.0. The Kier molecular flexibility index (Phi) is 9.29. The van der Waals surface area contributed by atoms with Crippen LogP contribution < -0.4 is 10.6 Å². The van der Waals surface area contributed by atoms with E-state index in [9.17, 15) is 24.3 Å². The Morgan fingerprint density at radius 1 is 1.36 bits per heavy atom. The van der Waals surface area contributed by atoms with Gasteiger partial charge in [-0.05, 0) is 5.92 Å². The van der Waals surface area contributed by atoms with Crippen LogP contribution in [0, 0.1) is 11.3 Å². The SMILES string of the molecule is CON=C(C(=O)NC1C(=O)N2CC(CSc3nncs3)(C(=O)O)CS[C@H]12)c1csc(NC(=O)OCC(C)C)n1.